The first-order chi connectivity index (χ1) is 12.3. The minimum Gasteiger partial charge on any atom is -0.357 e. The maximum absolute atomic E-state index is 12.9. The molecular weight excluding hydrogens is 377 g/mol. The number of rotatable bonds is 6. The van der Waals surface area contributed by atoms with Crippen molar-refractivity contribution < 1.29 is 14.4 Å². The van der Waals surface area contributed by atoms with E-state index in [4.69, 9.17) is 23.2 Å². The maximum Gasteiger partial charge on any atom is 0.242 e. The Balaban J connectivity index is 1.73. The van der Waals surface area contributed by atoms with E-state index in [1.807, 2.05) is 17.0 Å². The molecule has 1 spiro atoms. The lowest BCUT2D eigenvalue weighted by Gasteiger charge is -2.27. The van der Waals surface area contributed by atoms with Crippen LogP contribution in [0.2, 0.25) is 10.0 Å². The fourth-order valence-electron chi connectivity index (χ4n) is 3.76. The van der Waals surface area contributed by atoms with E-state index in [1.54, 1.807) is 0 Å². The van der Waals surface area contributed by atoms with Gasteiger partial charge in [-0.25, -0.2) is 0 Å². The summed E-state index contributed by atoms with van der Waals surface area (Å²) in [6.45, 7) is 0.499. The zero-order chi connectivity index (χ0) is 19.1. The zero-order valence-electron chi connectivity index (χ0n) is 14.7. The topological polar surface area (TPSA) is 69.7 Å². The highest BCUT2D eigenvalue weighted by atomic mass is 35.5. The molecule has 0 unspecified atom stereocenters. The Morgan fingerprint density at radius 3 is 2.58 bits per heavy atom. The van der Waals surface area contributed by atoms with E-state index in [0.29, 0.717) is 23.0 Å². The molecule has 0 saturated heterocycles. The van der Waals surface area contributed by atoms with Crippen molar-refractivity contribution in [2.75, 3.05) is 14.1 Å². The molecule has 1 fully saturated rings. The molecular formula is C18H21Cl2N3O3. The van der Waals surface area contributed by atoms with Gasteiger partial charge in [0.1, 0.15) is 6.04 Å². The minimum atomic E-state index is -0.662. The average molecular weight is 398 g/mol. The molecule has 1 aromatic carbocycles. The first-order valence-electron chi connectivity index (χ1n) is 8.51. The van der Waals surface area contributed by atoms with E-state index in [9.17, 15) is 14.4 Å². The van der Waals surface area contributed by atoms with E-state index in [-0.39, 0.29) is 30.2 Å². The second-order valence-corrected chi connectivity index (χ2v) is 7.69. The summed E-state index contributed by atoms with van der Waals surface area (Å²) in [4.78, 5) is 39.0. The Bertz CT molecular complexity index is 764. The van der Waals surface area contributed by atoms with Crippen molar-refractivity contribution in [3.63, 3.8) is 0 Å². The van der Waals surface area contributed by atoms with E-state index in [0.717, 1.165) is 24.0 Å². The van der Waals surface area contributed by atoms with Crippen LogP contribution in [0.3, 0.4) is 0 Å². The molecule has 1 heterocycles. The lowest BCUT2D eigenvalue weighted by Crippen LogP contribution is -2.44. The Kier molecular flexibility index (Phi) is 5.17. The SMILES string of the molecule is CNC(=O)[C@@H](CCC(=O)N1Cc2cc(Cl)c(Cl)cc2C12CC2)N(C)C=O. The van der Waals surface area contributed by atoms with Gasteiger partial charge in [-0.2, -0.15) is 0 Å². The van der Waals surface area contributed by atoms with Crippen molar-refractivity contribution in [1.82, 2.24) is 15.1 Å². The van der Waals surface area contributed by atoms with Crippen LogP contribution < -0.4 is 5.32 Å². The predicted octanol–water partition coefficient (Wildman–Crippen LogP) is 2.31. The van der Waals surface area contributed by atoms with Crippen LogP contribution in [0.25, 0.3) is 0 Å². The van der Waals surface area contributed by atoms with Gasteiger partial charge in [0, 0.05) is 27.1 Å². The maximum atomic E-state index is 12.9. The van der Waals surface area contributed by atoms with Gasteiger partial charge in [0.25, 0.3) is 0 Å². The highest BCUT2D eigenvalue weighted by Crippen LogP contribution is 2.57. The van der Waals surface area contributed by atoms with Crippen LogP contribution in [0.1, 0.15) is 36.8 Å². The lowest BCUT2D eigenvalue weighted by molar-refractivity contribution is -0.136. The summed E-state index contributed by atoms with van der Waals surface area (Å²) < 4.78 is 0. The van der Waals surface area contributed by atoms with Gasteiger partial charge in [-0.3, -0.25) is 14.4 Å². The van der Waals surface area contributed by atoms with Gasteiger partial charge in [-0.1, -0.05) is 23.2 Å². The van der Waals surface area contributed by atoms with Gasteiger partial charge < -0.3 is 15.1 Å². The van der Waals surface area contributed by atoms with Crippen LogP contribution in [-0.4, -0.2) is 48.2 Å². The Labute approximate surface area is 162 Å². The minimum absolute atomic E-state index is 0.0286. The number of hydrogen-bond donors (Lipinski definition) is 1. The molecule has 1 atom stereocenters. The number of nitrogens with zero attached hydrogens (tertiary/aromatic N) is 2. The van der Waals surface area contributed by atoms with Crippen LogP contribution >= 0.6 is 23.2 Å². The van der Waals surface area contributed by atoms with E-state index >= 15 is 0 Å². The number of nitrogens with one attached hydrogen (secondary N) is 1. The van der Waals surface area contributed by atoms with E-state index in [1.165, 1.54) is 19.0 Å². The standard InChI is InChI=1S/C18H21Cl2N3O3/c1-21-17(26)15(22(2)10-24)3-4-16(25)23-9-11-7-13(19)14(20)8-12(11)18(23)5-6-18/h7-8,10,15H,3-6,9H2,1-2H3,(H,21,26)/t15-/m1/s1. The Morgan fingerprint density at radius 1 is 1.35 bits per heavy atom. The quantitative estimate of drug-likeness (QED) is 0.748. The van der Waals surface area contributed by atoms with Gasteiger partial charge in [0.05, 0.1) is 15.6 Å². The van der Waals surface area contributed by atoms with Crippen LogP contribution in [-0.2, 0) is 26.5 Å². The number of hydrogen-bond acceptors (Lipinski definition) is 3. The molecule has 0 radical (unpaired) electrons. The number of benzene rings is 1. The summed E-state index contributed by atoms with van der Waals surface area (Å²) in [5.41, 5.74) is 1.82. The summed E-state index contributed by atoms with van der Waals surface area (Å²) in [6, 6.07) is 3.04. The average Bonchev–Trinajstić information content (AvgIpc) is 3.36. The van der Waals surface area contributed by atoms with Crippen molar-refractivity contribution in [2.45, 2.75) is 43.8 Å². The molecule has 140 valence electrons. The molecule has 1 aliphatic carbocycles. The largest absolute Gasteiger partial charge is 0.357 e. The predicted molar refractivity (Wildman–Crippen MR) is 98.8 cm³/mol. The molecule has 26 heavy (non-hydrogen) atoms. The van der Waals surface area contributed by atoms with Gasteiger partial charge in [-0.05, 0) is 42.5 Å². The van der Waals surface area contributed by atoms with Gasteiger partial charge >= 0.3 is 0 Å². The van der Waals surface area contributed by atoms with Crippen molar-refractivity contribution in [1.29, 1.82) is 0 Å². The summed E-state index contributed by atoms with van der Waals surface area (Å²) in [6.07, 6.45) is 2.86. The zero-order valence-corrected chi connectivity index (χ0v) is 16.2. The molecule has 3 rings (SSSR count). The van der Waals surface area contributed by atoms with Crippen LogP contribution in [0, 0.1) is 0 Å². The van der Waals surface area contributed by atoms with Crippen molar-refractivity contribution in [3.05, 3.63) is 33.3 Å². The number of carbonyl (C=O) groups excluding carboxylic acids is 3. The molecule has 1 aliphatic heterocycles. The molecule has 1 aromatic rings. The van der Waals surface area contributed by atoms with E-state index < -0.39 is 6.04 Å². The molecule has 1 N–H and O–H groups in total. The van der Waals surface area contributed by atoms with Gasteiger partial charge in [-0.15, -0.1) is 0 Å². The van der Waals surface area contributed by atoms with E-state index in [2.05, 4.69) is 5.32 Å². The summed E-state index contributed by atoms with van der Waals surface area (Å²) in [7, 11) is 3.05. The Morgan fingerprint density at radius 2 is 2.00 bits per heavy atom. The molecule has 8 heteroatoms. The fourth-order valence-corrected chi connectivity index (χ4v) is 4.11. The van der Waals surface area contributed by atoms with Gasteiger partial charge in [0.15, 0.2) is 0 Å². The molecule has 2 aliphatic rings. The van der Waals surface area contributed by atoms with Crippen LogP contribution in [0.15, 0.2) is 12.1 Å². The third kappa shape index (κ3) is 3.16. The lowest BCUT2D eigenvalue weighted by atomic mass is 10.0. The second kappa shape index (κ2) is 7.08. The number of carbonyl (C=O) groups is 3. The first kappa shape index (κ1) is 19.0. The van der Waals surface area contributed by atoms with Crippen molar-refractivity contribution >= 4 is 41.4 Å². The van der Waals surface area contributed by atoms with Crippen molar-refractivity contribution in [2.24, 2.45) is 0 Å². The summed E-state index contributed by atoms with van der Waals surface area (Å²) in [5.74, 6) is -0.309. The van der Waals surface area contributed by atoms with Crippen LogP contribution in [0.5, 0.6) is 0 Å². The monoisotopic (exact) mass is 397 g/mol. The third-order valence-electron chi connectivity index (χ3n) is 5.36. The number of amides is 3. The molecule has 0 aromatic heterocycles. The third-order valence-corrected chi connectivity index (χ3v) is 6.08. The molecule has 3 amide bonds. The first-order valence-corrected chi connectivity index (χ1v) is 9.27. The number of halogens is 2. The highest BCUT2D eigenvalue weighted by molar-refractivity contribution is 6.42. The second-order valence-electron chi connectivity index (χ2n) is 6.87. The normalized spacial score (nSPS) is 17.6. The van der Waals surface area contributed by atoms with Crippen molar-refractivity contribution in [3.8, 4) is 0 Å². The Hall–Kier alpha value is -1.79. The van der Waals surface area contributed by atoms with Crippen LogP contribution in [0.4, 0.5) is 0 Å². The molecule has 6 nitrogen and oxygen atoms in total. The molecule has 1 saturated carbocycles. The molecule has 0 bridgehead atoms. The smallest absolute Gasteiger partial charge is 0.242 e. The fraction of sp³-hybridized carbons (Fsp3) is 0.500. The number of fused-ring (bicyclic) bond motifs is 2. The highest BCUT2D eigenvalue weighted by Gasteiger charge is 2.56. The van der Waals surface area contributed by atoms with Gasteiger partial charge in [0.2, 0.25) is 18.2 Å². The summed E-state index contributed by atoms with van der Waals surface area (Å²) in [5, 5.41) is 3.52. The number of likely N-dealkylation sites (N-methyl/N-ethyl adjacent to an activating group) is 2. The summed E-state index contributed by atoms with van der Waals surface area (Å²) >= 11 is 12.3.